The number of benzene rings is 2. The lowest BCUT2D eigenvalue weighted by atomic mass is 10.0. The van der Waals surface area contributed by atoms with Gasteiger partial charge in [0.15, 0.2) is 0 Å². The highest BCUT2D eigenvalue weighted by Gasteiger charge is 2.14. The van der Waals surface area contributed by atoms with Gasteiger partial charge in [0.05, 0.1) is 24.4 Å². The molecule has 1 aliphatic heterocycles. The molecule has 0 atom stereocenters. The van der Waals surface area contributed by atoms with Crippen molar-refractivity contribution in [1.29, 1.82) is 5.26 Å². The lowest BCUT2D eigenvalue weighted by Crippen LogP contribution is -2.44. The minimum Gasteiger partial charge on any atom is -0.507 e. The number of piperazine rings is 1. The van der Waals surface area contributed by atoms with Gasteiger partial charge in [-0.3, -0.25) is 0 Å². The van der Waals surface area contributed by atoms with Crippen LogP contribution in [0.15, 0.2) is 54.6 Å². The summed E-state index contributed by atoms with van der Waals surface area (Å²) < 4.78 is 5.35. The van der Waals surface area contributed by atoms with Gasteiger partial charge in [0, 0.05) is 38.3 Å². The second kappa shape index (κ2) is 11.0. The molecule has 2 N–H and O–H groups in total. The first-order valence-corrected chi connectivity index (χ1v) is 11.6. The standard InChI is InChI=1S/C27H31N5O2/c1-31-12-14-32(15-13-31)11-3-10-29-27-17-22(21-6-4-20(19-28)5-7-21)16-25(30-27)24-18-23(34-2)8-9-26(24)33/h4-9,16-18,33H,3,10-15H2,1-2H3,(H,29,30). The van der Waals surface area contributed by atoms with Crippen LogP contribution >= 0.6 is 0 Å². The van der Waals surface area contributed by atoms with E-state index in [0.717, 1.165) is 62.6 Å². The second-order valence-corrected chi connectivity index (χ2v) is 8.62. The van der Waals surface area contributed by atoms with Gasteiger partial charge in [-0.2, -0.15) is 5.26 Å². The van der Waals surface area contributed by atoms with Crippen molar-refractivity contribution < 1.29 is 9.84 Å². The van der Waals surface area contributed by atoms with Gasteiger partial charge >= 0.3 is 0 Å². The Morgan fingerprint density at radius 3 is 2.50 bits per heavy atom. The van der Waals surface area contributed by atoms with Gasteiger partial charge in [0.2, 0.25) is 0 Å². The molecule has 0 aliphatic carbocycles. The number of hydrogen-bond donors (Lipinski definition) is 2. The van der Waals surface area contributed by atoms with Gasteiger partial charge in [-0.15, -0.1) is 0 Å². The van der Waals surface area contributed by atoms with E-state index in [9.17, 15) is 5.11 Å². The number of likely N-dealkylation sites (N-methyl/N-ethyl adjacent to an activating group) is 1. The molecular formula is C27H31N5O2. The van der Waals surface area contributed by atoms with Gasteiger partial charge in [0.1, 0.15) is 17.3 Å². The number of nitrogens with one attached hydrogen (secondary N) is 1. The van der Waals surface area contributed by atoms with Crippen molar-refractivity contribution in [3.05, 3.63) is 60.2 Å². The van der Waals surface area contributed by atoms with Crippen molar-refractivity contribution in [2.75, 3.05) is 58.7 Å². The van der Waals surface area contributed by atoms with E-state index in [1.807, 2.05) is 36.4 Å². The van der Waals surface area contributed by atoms with Crippen LogP contribution in [0.3, 0.4) is 0 Å². The van der Waals surface area contributed by atoms with Crippen molar-refractivity contribution in [3.63, 3.8) is 0 Å². The van der Waals surface area contributed by atoms with Crippen LogP contribution in [-0.2, 0) is 0 Å². The average Bonchev–Trinajstić information content (AvgIpc) is 2.88. The van der Waals surface area contributed by atoms with Crippen LogP contribution in [0.5, 0.6) is 11.5 Å². The minimum absolute atomic E-state index is 0.145. The zero-order valence-electron chi connectivity index (χ0n) is 19.8. The van der Waals surface area contributed by atoms with Gasteiger partial charge in [-0.1, -0.05) is 12.1 Å². The highest BCUT2D eigenvalue weighted by Crippen LogP contribution is 2.35. The fourth-order valence-corrected chi connectivity index (χ4v) is 4.10. The summed E-state index contributed by atoms with van der Waals surface area (Å²) in [6.07, 6.45) is 1.02. The summed E-state index contributed by atoms with van der Waals surface area (Å²) in [4.78, 5) is 9.66. The molecule has 7 nitrogen and oxygen atoms in total. The third kappa shape index (κ3) is 5.84. The predicted molar refractivity (Wildman–Crippen MR) is 135 cm³/mol. The van der Waals surface area contributed by atoms with Crippen molar-refractivity contribution in [3.8, 4) is 40.0 Å². The smallest absolute Gasteiger partial charge is 0.127 e. The number of pyridine rings is 1. The van der Waals surface area contributed by atoms with Crippen LogP contribution in [0.1, 0.15) is 12.0 Å². The Balaban J connectivity index is 1.56. The van der Waals surface area contributed by atoms with Crippen LogP contribution in [0.25, 0.3) is 22.4 Å². The highest BCUT2D eigenvalue weighted by atomic mass is 16.5. The Kier molecular flexibility index (Phi) is 7.63. The molecule has 2 heterocycles. The van der Waals surface area contributed by atoms with Gasteiger partial charge in [0.25, 0.3) is 0 Å². The summed E-state index contributed by atoms with van der Waals surface area (Å²) in [6.45, 7) is 6.33. The Morgan fingerprint density at radius 1 is 1.03 bits per heavy atom. The van der Waals surface area contributed by atoms with E-state index < -0.39 is 0 Å². The molecule has 1 aromatic heterocycles. The van der Waals surface area contributed by atoms with Gasteiger partial charge in [-0.25, -0.2) is 4.98 Å². The molecule has 0 amide bonds. The molecule has 2 aromatic carbocycles. The summed E-state index contributed by atoms with van der Waals surface area (Å²) in [5.41, 5.74) is 3.81. The van der Waals surface area contributed by atoms with Crippen molar-refractivity contribution in [2.24, 2.45) is 0 Å². The normalized spacial score (nSPS) is 14.5. The van der Waals surface area contributed by atoms with Crippen molar-refractivity contribution >= 4 is 5.82 Å². The van der Waals surface area contributed by atoms with Gasteiger partial charge in [-0.05, 0) is 73.6 Å². The molecule has 34 heavy (non-hydrogen) atoms. The molecule has 176 valence electrons. The first kappa shape index (κ1) is 23.6. The molecule has 0 unspecified atom stereocenters. The molecule has 0 saturated carbocycles. The summed E-state index contributed by atoms with van der Waals surface area (Å²) >= 11 is 0. The van der Waals surface area contributed by atoms with Crippen LogP contribution in [-0.4, -0.2) is 73.3 Å². The maximum Gasteiger partial charge on any atom is 0.127 e. The van der Waals surface area contributed by atoms with Crippen LogP contribution in [0.2, 0.25) is 0 Å². The Labute approximate surface area is 201 Å². The van der Waals surface area contributed by atoms with E-state index >= 15 is 0 Å². The molecule has 0 spiro atoms. The fourth-order valence-electron chi connectivity index (χ4n) is 4.10. The number of nitriles is 1. The number of rotatable bonds is 8. The van der Waals surface area contributed by atoms with E-state index in [1.54, 1.807) is 25.3 Å². The third-order valence-electron chi connectivity index (χ3n) is 6.21. The summed E-state index contributed by atoms with van der Waals surface area (Å²) in [6, 6.07) is 18.7. The largest absolute Gasteiger partial charge is 0.507 e. The highest BCUT2D eigenvalue weighted by molar-refractivity contribution is 5.77. The average molecular weight is 458 g/mol. The predicted octanol–water partition coefficient (Wildman–Crippen LogP) is 4.05. The SMILES string of the molecule is COc1ccc(O)c(-c2cc(-c3ccc(C#N)cc3)cc(NCCCN3CCN(C)CC3)n2)c1. The van der Waals surface area contributed by atoms with E-state index in [1.165, 1.54) is 0 Å². The molecule has 0 bridgehead atoms. The first-order valence-electron chi connectivity index (χ1n) is 11.6. The minimum atomic E-state index is 0.145. The Hall–Kier alpha value is -3.60. The van der Waals surface area contributed by atoms with Crippen molar-refractivity contribution in [2.45, 2.75) is 6.42 Å². The lowest BCUT2D eigenvalue weighted by molar-refractivity contribution is 0.154. The van der Waals surface area contributed by atoms with E-state index in [-0.39, 0.29) is 5.75 Å². The monoisotopic (exact) mass is 457 g/mol. The fraction of sp³-hybridized carbons (Fsp3) is 0.333. The van der Waals surface area contributed by atoms with Crippen LogP contribution < -0.4 is 10.1 Å². The lowest BCUT2D eigenvalue weighted by Gasteiger charge is -2.32. The van der Waals surface area contributed by atoms with Crippen LogP contribution in [0.4, 0.5) is 5.82 Å². The molecule has 3 aromatic rings. The third-order valence-corrected chi connectivity index (χ3v) is 6.21. The Bertz CT molecular complexity index is 1150. The number of aromatic nitrogens is 1. The van der Waals surface area contributed by atoms with E-state index in [0.29, 0.717) is 22.6 Å². The van der Waals surface area contributed by atoms with E-state index in [4.69, 9.17) is 15.0 Å². The maximum atomic E-state index is 10.5. The molecule has 7 heteroatoms. The number of anilines is 1. The summed E-state index contributed by atoms with van der Waals surface area (Å²) in [7, 11) is 3.77. The van der Waals surface area contributed by atoms with Crippen molar-refractivity contribution in [1.82, 2.24) is 14.8 Å². The number of aromatic hydroxyl groups is 1. The number of hydrogen-bond acceptors (Lipinski definition) is 7. The number of nitrogens with zero attached hydrogens (tertiary/aromatic N) is 4. The second-order valence-electron chi connectivity index (χ2n) is 8.62. The molecule has 4 rings (SSSR count). The Morgan fingerprint density at radius 2 is 1.79 bits per heavy atom. The molecule has 1 fully saturated rings. The van der Waals surface area contributed by atoms with Crippen LogP contribution in [0, 0.1) is 11.3 Å². The number of methoxy groups -OCH3 is 1. The van der Waals surface area contributed by atoms with Gasteiger partial charge < -0.3 is 25.0 Å². The summed E-state index contributed by atoms with van der Waals surface area (Å²) in [5, 5.41) is 23.1. The zero-order valence-corrected chi connectivity index (χ0v) is 19.8. The number of phenols is 1. The topological polar surface area (TPSA) is 84.6 Å². The number of phenolic OH excluding ortho intramolecular Hbond substituents is 1. The van der Waals surface area contributed by atoms with E-state index in [2.05, 4.69) is 28.2 Å². The number of ether oxygens (including phenoxy) is 1. The maximum absolute atomic E-state index is 10.5. The molecule has 0 radical (unpaired) electrons. The summed E-state index contributed by atoms with van der Waals surface area (Å²) in [5.74, 6) is 1.55. The molecule has 1 aliphatic rings. The first-order chi connectivity index (χ1) is 16.6. The quantitative estimate of drug-likeness (QED) is 0.494. The zero-order chi connectivity index (χ0) is 23.9. The molecule has 1 saturated heterocycles. The molecular weight excluding hydrogens is 426 g/mol.